The SMILES string of the molecule is COc1cc(NC(=S)NC2CCC(Nc3cc(N(C)C)nc(C)n3)CC2)cc(OC)c1OC. The van der Waals surface area contributed by atoms with Gasteiger partial charge in [0.15, 0.2) is 16.6 Å². The molecule has 1 fully saturated rings. The van der Waals surface area contributed by atoms with Gasteiger partial charge >= 0.3 is 0 Å². The predicted molar refractivity (Wildman–Crippen MR) is 136 cm³/mol. The molecule has 1 aromatic heterocycles. The van der Waals surface area contributed by atoms with Crippen LogP contribution in [0.25, 0.3) is 0 Å². The molecule has 33 heavy (non-hydrogen) atoms. The van der Waals surface area contributed by atoms with Crippen LogP contribution in [0, 0.1) is 6.92 Å². The molecule has 9 nitrogen and oxygen atoms in total. The number of hydrogen-bond acceptors (Lipinski definition) is 8. The summed E-state index contributed by atoms with van der Waals surface area (Å²) in [5, 5.41) is 10.8. The van der Waals surface area contributed by atoms with E-state index in [0.29, 0.717) is 34.4 Å². The molecule has 0 radical (unpaired) electrons. The molecule has 2 aromatic rings. The summed E-state index contributed by atoms with van der Waals surface area (Å²) in [4.78, 5) is 11.0. The number of rotatable bonds is 8. The van der Waals surface area contributed by atoms with Gasteiger partial charge < -0.3 is 35.1 Å². The smallest absolute Gasteiger partial charge is 0.203 e. The highest BCUT2D eigenvalue weighted by Crippen LogP contribution is 2.40. The first-order valence-corrected chi connectivity index (χ1v) is 11.4. The Labute approximate surface area is 201 Å². The number of thiocarbonyl (C=S) groups is 1. The van der Waals surface area contributed by atoms with Gasteiger partial charge in [-0.3, -0.25) is 0 Å². The highest BCUT2D eigenvalue weighted by Gasteiger charge is 2.22. The second kappa shape index (κ2) is 11.2. The van der Waals surface area contributed by atoms with Gasteiger partial charge in [0, 0.05) is 50.1 Å². The van der Waals surface area contributed by atoms with Gasteiger partial charge in [-0.05, 0) is 44.8 Å². The van der Waals surface area contributed by atoms with E-state index in [4.69, 9.17) is 26.4 Å². The summed E-state index contributed by atoms with van der Waals surface area (Å²) in [7, 11) is 8.73. The lowest BCUT2D eigenvalue weighted by atomic mass is 9.91. The average molecular weight is 475 g/mol. The van der Waals surface area contributed by atoms with Crippen molar-refractivity contribution in [2.45, 2.75) is 44.7 Å². The normalized spacial score (nSPS) is 17.6. The number of aromatic nitrogens is 2. The van der Waals surface area contributed by atoms with Crippen LogP contribution in [-0.2, 0) is 0 Å². The van der Waals surface area contributed by atoms with Gasteiger partial charge in [0.2, 0.25) is 5.75 Å². The van der Waals surface area contributed by atoms with Gasteiger partial charge in [-0.25, -0.2) is 9.97 Å². The third kappa shape index (κ3) is 6.50. The first kappa shape index (κ1) is 24.6. The van der Waals surface area contributed by atoms with Crippen LogP contribution >= 0.6 is 12.2 Å². The van der Waals surface area contributed by atoms with Crippen LogP contribution in [-0.4, -0.2) is 62.6 Å². The maximum atomic E-state index is 5.55. The van der Waals surface area contributed by atoms with Gasteiger partial charge in [-0.2, -0.15) is 0 Å². The Morgan fingerprint density at radius 1 is 0.939 bits per heavy atom. The van der Waals surface area contributed by atoms with Crippen molar-refractivity contribution in [2.24, 2.45) is 0 Å². The third-order valence-corrected chi connectivity index (χ3v) is 5.84. The van der Waals surface area contributed by atoms with Crippen molar-refractivity contribution < 1.29 is 14.2 Å². The molecule has 0 spiro atoms. The zero-order chi connectivity index (χ0) is 24.0. The maximum absolute atomic E-state index is 5.55. The number of hydrogen-bond donors (Lipinski definition) is 3. The first-order chi connectivity index (χ1) is 15.8. The molecule has 0 amide bonds. The number of methoxy groups -OCH3 is 3. The average Bonchev–Trinajstić information content (AvgIpc) is 2.79. The zero-order valence-electron chi connectivity index (χ0n) is 20.2. The van der Waals surface area contributed by atoms with Crippen LogP contribution in [0.3, 0.4) is 0 Å². The van der Waals surface area contributed by atoms with E-state index in [0.717, 1.165) is 48.8 Å². The van der Waals surface area contributed by atoms with Crippen molar-refractivity contribution in [2.75, 3.05) is 51.0 Å². The van der Waals surface area contributed by atoms with Crippen LogP contribution in [0.15, 0.2) is 18.2 Å². The van der Waals surface area contributed by atoms with Crippen molar-refractivity contribution in [3.8, 4) is 17.2 Å². The topological polar surface area (TPSA) is 92.8 Å². The van der Waals surface area contributed by atoms with E-state index in [9.17, 15) is 0 Å². The molecular weight excluding hydrogens is 440 g/mol. The van der Waals surface area contributed by atoms with E-state index >= 15 is 0 Å². The minimum absolute atomic E-state index is 0.314. The van der Waals surface area contributed by atoms with E-state index in [1.807, 2.05) is 44.1 Å². The second-order valence-electron chi connectivity index (χ2n) is 8.26. The first-order valence-electron chi connectivity index (χ1n) is 11.0. The Hall–Kier alpha value is -3.01. The van der Waals surface area contributed by atoms with Crippen LogP contribution in [0.1, 0.15) is 31.5 Å². The number of nitrogens with zero attached hydrogens (tertiary/aromatic N) is 3. The zero-order valence-corrected chi connectivity index (χ0v) is 21.0. The van der Waals surface area contributed by atoms with E-state index < -0.39 is 0 Å². The van der Waals surface area contributed by atoms with Gasteiger partial charge in [0.05, 0.1) is 21.3 Å². The Morgan fingerprint density at radius 2 is 1.55 bits per heavy atom. The van der Waals surface area contributed by atoms with Gasteiger partial charge in [0.1, 0.15) is 17.5 Å². The van der Waals surface area contributed by atoms with Gasteiger partial charge in [0.25, 0.3) is 0 Å². The van der Waals surface area contributed by atoms with E-state index in [1.165, 1.54) is 0 Å². The molecule has 180 valence electrons. The van der Waals surface area contributed by atoms with Crippen LogP contribution in [0.2, 0.25) is 0 Å². The molecule has 1 aliphatic rings. The lowest BCUT2D eigenvalue weighted by Crippen LogP contribution is -2.42. The minimum Gasteiger partial charge on any atom is -0.493 e. The third-order valence-electron chi connectivity index (χ3n) is 5.62. The van der Waals surface area contributed by atoms with Crippen molar-refractivity contribution in [1.82, 2.24) is 15.3 Å². The molecule has 10 heteroatoms. The lowest BCUT2D eigenvalue weighted by molar-refractivity contribution is 0.324. The molecule has 0 bridgehead atoms. The predicted octanol–water partition coefficient (Wildman–Crippen LogP) is 3.59. The summed E-state index contributed by atoms with van der Waals surface area (Å²) in [5.74, 6) is 4.25. The minimum atomic E-state index is 0.314. The van der Waals surface area contributed by atoms with Gasteiger partial charge in [-0.1, -0.05) is 0 Å². The Morgan fingerprint density at radius 3 is 2.09 bits per heavy atom. The molecule has 1 heterocycles. The fourth-order valence-corrected chi connectivity index (χ4v) is 4.24. The molecule has 1 aromatic carbocycles. The molecule has 0 atom stereocenters. The summed E-state index contributed by atoms with van der Waals surface area (Å²) in [5.41, 5.74) is 0.771. The summed E-state index contributed by atoms with van der Waals surface area (Å²) in [6, 6.07) is 6.36. The molecule has 0 aliphatic heterocycles. The Bertz CT molecular complexity index is 938. The summed E-state index contributed by atoms with van der Waals surface area (Å²) in [6.45, 7) is 1.92. The highest BCUT2D eigenvalue weighted by molar-refractivity contribution is 7.80. The van der Waals surface area contributed by atoms with Crippen LogP contribution in [0.5, 0.6) is 17.2 Å². The molecular formula is C23H34N6O3S. The summed E-state index contributed by atoms with van der Waals surface area (Å²) >= 11 is 5.55. The number of aryl methyl sites for hydroxylation is 1. The molecule has 0 saturated heterocycles. The maximum Gasteiger partial charge on any atom is 0.203 e. The number of ether oxygens (including phenoxy) is 3. The quantitative estimate of drug-likeness (QED) is 0.493. The van der Waals surface area contributed by atoms with Crippen molar-refractivity contribution in [3.63, 3.8) is 0 Å². The molecule has 3 N–H and O–H groups in total. The number of anilines is 3. The molecule has 0 unspecified atom stereocenters. The summed E-state index contributed by atoms with van der Waals surface area (Å²) < 4.78 is 16.2. The van der Waals surface area contributed by atoms with Crippen LogP contribution in [0.4, 0.5) is 17.3 Å². The molecule has 1 aliphatic carbocycles. The van der Waals surface area contributed by atoms with Crippen LogP contribution < -0.4 is 35.1 Å². The van der Waals surface area contributed by atoms with Crippen molar-refractivity contribution >= 4 is 34.7 Å². The highest BCUT2D eigenvalue weighted by atomic mass is 32.1. The second-order valence-corrected chi connectivity index (χ2v) is 8.67. The summed E-state index contributed by atoms with van der Waals surface area (Å²) in [6.07, 6.45) is 4.09. The van der Waals surface area contributed by atoms with E-state index in [1.54, 1.807) is 21.3 Å². The standard InChI is InChI=1S/C23H34N6O3S/c1-14-24-20(13-21(25-14)29(2)3)26-15-7-9-16(10-8-15)27-23(33)28-17-11-18(30-4)22(32-6)19(12-17)31-5/h11-13,15-16H,7-10H2,1-6H3,(H,24,25,26)(H2,27,28,33). The van der Waals surface area contributed by atoms with E-state index in [-0.39, 0.29) is 0 Å². The monoisotopic (exact) mass is 474 g/mol. The molecule has 1 saturated carbocycles. The van der Waals surface area contributed by atoms with Gasteiger partial charge in [-0.15, -0.1) is 0 Å². The largest absolute Gasteiger partial charge is 0.493 e. The molecule has 3 rings (SSSR count). The lowest BCUT2D eigenvalue weighted by Gasteiger charge is -2.31. The van der Waals surface area contributed by atoms with Crippen molar-refractivity contribution in [1.29, 1.82) is 0 Å². The Balaban J connectivity index is 1.53. The number of benzene rings is 1. The van der Waals surface area contributed by atoms with Crippen molar-refractivity contribution in [3.05, 3.63) is 24.0 Å². The Kier molecular flexibility index (Phi) is 8.37. The fourth-order valence-electron chi connectivity index (χ4n) is 3.95. The van der Waals surface area contributed by atoms with E-state index in [2.05, 4.69) is 25.9 Å². The fraction of sp³-hybridized carbons (Fsp3) is 0.522. The number of nitrogens with one attached hydrogen (secondary N) is 3.